The average molecular weight is 203 g/mol. The Morgan fingerprint density at radius 3 is 2.07 bits per heavy atom. The third-order valence-electron chi connectivity index (χ3n) is 1.73. The topological polar surface area (TPSA) is 60.0 Å². The molecule has 0 aliphatic rings. The van der Waals surface area contributed by atoms with Crippen molar-refractivity contribution in [2.24, 2.45) is 5.84 Å². The lowest BCUT2D eigenvalue weighted by atomic mass is 10.3. The first kappa shape index (κ1) is 11.0. The Kier molecular flexibility index (Phi) is 4.69. The van der Waals surface area contributed by atoms with Crippen LogP contribution in [0.4, 0.5) is 0 Å². The molecule has 0 fully saturated rings. The maximum atomic E-state index is 8.94. The van der Waals surface area contributed by atoms with Crippen molar-refractivity contribution in [3.8, 4) is 5.69 Å². The van der Waals surface area contributed by atoms with Gasteiger partial charge in [0.05, 0.1) is 0 Å². The van der Waals surface area contributed by atoms with Gasteiger partial charge in [-0.15, -0.1) is 0 Å². The van der Waals surface area contributed by atoms with Crippen molar-refractivity contribution in [1.82, 2.24) is 9.99 Å². The van der Waals surface area contributed by atoms with Crippen LogP contribution in [0.5, 0.6) is 0 Å². The summed E-state index contributed by atoms with van der Waals surface area (Å²) in [6.07, 6.45) is 4.48. The zero-order chi connectivity index (χ0) is 10.9. The normalized spacial score (nSPS) is 8.60. The Morgan fingerprint density at radius 2 is 1.60 bits per heavy atom. The first-order valence-electron chi connectivity index (χ1n) is 4.46. The van der Waals surface area contributed by atoms with Crippen LogP contribution in [0.15, 0.2) is 54.9 Å². The van der Waals surface area contributed by atoms with Crippen molar-refractivity contribution >= 4 is 6.41 Å². The minimum atomic E-state index is 0.403. The summed E-state index contributed by atoms with van der Waals surface area (Å²) in [6, 6.07) is 14.3. The number of rotatable bonds is 2. The van der Waals surface area contributed by atoms with Crippen LogP contribution < -0.4 is 11.3 Å². The largest absolute Gasteiger partial charge is 0.324 e. The van der Waals surface area contributed by atoms with Crippen LogP contribution in [0.1, 0.15) is 0 Å². The molecule has 78 valence electrons. The summed E-state index contributed by atoms with van der Waals surface area (Å²) in [7, 11) is 0. The zero-order valence-corrected chi connectivity index (χ0v) is 8.21. The summed E-state index contributed by atoms with van der Waals surface area (Å²) < 4.78 is 2.08. The van der Waals surface area contributed by atoms with E-state index in [4.69, 9.17) is 4.79 Å². The van der Waals surface area contributed by atoms with Crippen LogP contribution >= 0.6 is 0 Å². The fraction of sp³-hybridized carbons (Fsp3) is 0. The van der Waals surface area contributed by atoms with Gasteiger partial charge in [-0.3, -0.25) is 10.2 Å². The molecule has 1 heterocycles. The number of aromatic nitrogens is 1. The highest BCUT2D eigenvalue weighted by molar-refractivity contribution is 5.44. The van der Waals surface area contributed by atoms with E-state index in [2.05, 4.69) is 22.5 Å². The molecular formula is C11H13N3O. The third kappa shape index (κ3) is 3.66. The van der Waals surface area contributed by atoms with Crippen LogP contribution in [0.3, 0.4) is 0 Å². The number of nitrogens with one attached hydrogen (secondary N) is 1. The number of para-hydroxylation sites is 1. The van der Waals surface area contributed by atoms with E-state index in [9.17, 15) is 0 Å². The van der Waals surface area contributed by atoms with Crippen LogP contribution in [0, 0.1) is 0 Å². The smallest absolute Gasteiger partial charge is 0.221 e. The average Bonchev–Trinajstić information content (AvgIpc) is 2.84. The van der Waals surface area contributed by atoms with E-state index in [1.807, 2.05) is 42.7 Å². The number of nitrogens with zero attached hydrogens (tertiary/aromatic N) is 1. The molecule has 4 nitrogen and oxygen atoms in total. The van der Waals surface area contributed by atoms with Gasteiger partial charge in [0.1, 0.15) is 0 Å². The fourth-order valence-electron chi connectivity index (χ4n) is 1.11. The number of carbonyl (C=O) groups is 1. The highest BCUT2D eigenvalue weighted by Crippen LogP contribution is 2.05. The van der Waals surface area contributed by atoms with Crippen LogP contribution in [-0.4, -0.2) is 11.0 Å². The predicted octanol–water partition coefficient (Wildman–Crippen LogP) is 1.08. The van der Waals surface area contributed by atoms with Crippen molar-refractivity contribution in [3.05, 3.63) is 54.9 Å². The standard InChI is InChI=1S/C10H9N.CH4N2O/c1-2-6-10(7-3-1)11-8-4-5-9-11;2-3-1-4/h1-9H;1H,2H2,(H,3,4). The molecule has 0 saturated carbocycles. The molecule has 0 aliphatic heterocycles. The number of hydrazine groups is 1. The number of amides is 1. The summed E-state index contributed by atoms with van der Waals surface area (Å²) >= 11 is 0. The third-order valence-corrected chi connectivity index (χ3v) is 1.73. The summed E-state index contributed by atoms with van der Waals surface area (Å²) in [4.78, 5) is 8.94. The molecule has 0 unspecified atom stereocenters. The highest BCUT2D eigenvalue weighted by Gasteiger charge is 1.88. The quantitative estimate of drug-likeness (QED) is 0.332. The molecule has 15 heavy (non-hydrogen) atoms. The van der Waals surface area contributed by atoms with E-state index in [-0.39, 0.29) is 0 Å². The molecule has 0 saturated heterocycles. The minimum absolute atomic E-state index is 0.403. The molecule has 2 aromatic rings. The SMILES string of the molecule is NNC=O.c1ccc(-n2cccc2)cc1. The van der Waals surface area contributed by atoms with Gasteiger partial charge in [-0.2, -0.15) is 0 Å². The van der Waals surface area contributed by atoms with Crippen LogP contribution in [0.2, 0.25) is 0 Å². The number of hydrogen-bond donors (Lipinski definition) is 2. The van der Waals surface area contributed by atoms with Crippen LogP contribution in [0.25, 0.3) is 5.69 Å². The van der Waals surface area contributed by atoms with E-state index >= 15 is 0 Å². The molecule has 3 N–H and O–H groups in total. The maximum absolute atomic E-state index is 8.94. The molecular weight excluding hydrogens is 190 g/mol. The summed E-state index contributed by atoms with van der Waals surface area (Å²) in [5.41, 5.74) is 2.96. The maximum Gasteiger partial charge on any atom is 0.221 e. The number of carbonyl (C=O) groups excluding carboxylic acids is 1. The Hall–Kier alpha value is -2.07. The molecule has 0 bridgehead atoms. The van der Waals surface area contributed by atoms with Crippen molar-refractivity contribution < 1.29 is 4.79 Å². The molecule has 0 radical (unpaired) electrons. The van der Waals surface area contributed by atoms with Crippen molar-refractivity contribution in [1.29, 1.82) is 0 Å². The lowest BCUT2D eigenvalue weighted by Crippen LogP contribution is -2.18. The van der Waals surface area contributed by atoms with Gasteiger partial charge in [-0.25, -0.2) is 5.84 Å². The van der Waals surface area contributed by atoms with Gasteiger partial charge < -0.3 is 4.57 Å². The van der Waals surface area contributed by atoms with Gasteiger partial charge >= 0.3 is 0 Å². The lowest BCUT2D eigenvalue weighted by molar-refractivity contribution is -0.109. The summed E-state index contributed by atoms with van der Waals surface area (Å²) in [5, 5.41) is 0. The van der Waals surface area contributed by atoms with Crippen LogP contribution in [-0.2, 0) is 4.79 Å². The van der Waals surface area contributed by atoms with E-state index < -0.39 is 0 Å². The second-order valence-electron chi connectivity index (χ2n) is 2.71. The van der Waals surface area contributed by atoms with Gasteiger partial charge in [0, 0.05) is 18.1 Å². The molecule has 1 aromatic carbocycles. The van der Waals surface area contributed by atoms with E-state index in [1.54, 1.807) is 5.43 Å². The van der Waals surface area contributed by atoms with Crippen molar-refractivity contribution in [2.75, 3.05) is 0 Å². The molecule has 0 aliphatic carbocycles. The first-order valence-corrected chi connectivity index (χ1v) is 4.46. The predicted molar refractivity (Wildman–Crippen MR) is 59.2 cm³/mol. The van der Waals surface area contributed by atoms with Crippen molar-refractivity contribution in [3.63, 3.8) is 0 Å². The summed E-state index contributed by atoms with van der Waals surface area (Å²) in [5.74, 6) is 4.41. The second kappa shape index (κ2) is 6.39. The van der Waals surface area contributed by atoms with Gasteiger partial charge in [0.15, 0.2) is 0 Å². The molecule has 0 spiro atoms. The molecule has 2 rings (SSSR count). The van der Waals surface area contributed by atoms with E-state index in [0.29, 0.717) is 6.41 Å². The molecule has 1 amide bonds. The monoisotopic (exact) mass is 203 g/mol. The van der Waals surface area contributed by atoms with E-state index in [0.717, 1.165) is 0 Å². The molecule has 1 aromatic heterocycles. The van der Waals surface area contributed by atoms with E-state index in [1.165, 1.54) is 5.69 Å². The Labute approximate surface area is 88.3 Å². The first-order chi connectivity index (χ1) is 7.38. The number of nitrogens with two attached hydrogens (primary N) is 1. The zero-order valence-electron chi connectivity index (χ0n) is 8.21. The number of benzene rings is 1. The second-order valence-corrected chi connectivity index (χ2v) is 2.71. The van der Waals surface area contributed by atoms with Gasteiger partial charge in [0.2, 0.25) is 6.41 Å². The van der Waals surface area contributed by atoms with Gasteiger partial charge in [0.25, 0.3) is 0 Å². The Bertz CT molecular complexity index is 370. The Morgan fingerprint density at radius 1 is 1.07 bits per heavy atom. The van der Waals surface area contributed by atoms with Crippen molar-refractivity contribution in [2.45, 2.75) is 0 Å². The highest BCUT2D eigenvalue weighted by atomic mass is 16.1. The van der Waals surface area contributed by atoms with Gasteiger partial charge in [-0.05, 0) is 24.3 Å². The summed E-state index contributed by atoms with van der Waals surface area (Å²) in [6.45, 7) is 0. The van der Waals surface area contributed by atoms with Gasteiger partial charge in [-0.1, -0.05) is 18.2 Å². The number of hydrogen-bond acceptors (Lipinski definition) is 2. The Balaban J connectivity index is 0.000000245. The molecule has 4 heteroatoms. The fourth-order valence-corrected chi connectivity index (χ4v) is 1.11. The molecule has 0 atom stereocenters. The lowest BCUT2D eigenvalue weighted by Gasteiger charge is -1.99. The minimum Gasteiger partial charge on any atom is -0.324 e.